The summed E-state index contributed by atoms with van der Waals surface area (Å²) in [5.41, 5.74) is 5.61. The third-order valence-electron chi connectivity index (χ3n) is 3.61. The molecule has 1 saturated heterocycles. The predicted octanol–water partition coefficient (Wildman–Crippen LogP) is 1.25. The van der Waals surface area contributed by atoms with Gasteiger partial charge in [-0.1, -0.05) is 23.1 Å². The van der Waals surface area contributed by atoms with Gasteiger partial charge < -0.3 is 16.0 Å². The van der Waals surface area contributed by atoms with Crippen LogP contribution >= 0.6 is 23.1 Å². The van der Waals surface area contributed by atoms with E-state index < -0.39 is 17.6 Å². The highest BCUT2D eigenvalue weighted by molar-refractivity contribution is 8.01. The predicted molar refractivity (Wildman–Crippen MR) is 95.3 cm³/mol. The molecule has 1 atom stereocenters. The number of thioether (sulfide) groups is 1. The third-order valence-corrected chi connectivity index (χ3v) is 5.60. The molecule has 0 spiro atoms. The van der Waals surface area contributed by atoms with Gasteiger partial charge in [0, 0.05) is 18.7 Å². The zero-order valence-corrected chi connectivity index (χ0v) is 15.0. The Morgan fingerprint density at radius 3 is 2.77 bits per heavy atom. The third kappa shape index (κ3) is 4.35. The molecule has 3 N–H and O–H groups in total. The van der Waals surface area contributed by atoms with Gasteiger partial charge in [-0.2, -0.15) is 0 Å². The molecule has 0 bridgehead atoms. The highest BCUT2D eigenvalue weighted by Crippen LogP contribution is 2.28. The van der Waals surface area contributed by atoms with Gasteiger partial charge >= 0.3 is 0 Å². The summed E-state index contributed by atoms with van der Waals surface area (Å²) in [6.45, 7) is 0.207. The lowest BCUT2D eigenvalue weighted by Crippen LogP contribution is -2.28. The maximum atomic E-state index is 13.0. The lowest BCUT2D eigenvalue weighted by molar-refractivity contribution is -0.122. The fourth-order valence-corrected chi connectivity index (χ4v) is 3.91. The van der Waals surface area contributed by atoms with Gasteiger partial charge in [-0.05, 0) is 24.3 Å². The number of hydrogen-bond acceptors (Lipinski definition) is 7. The molecule has 0 aliphatic carbocycles. The van der Waals surface area contributed by atoms with Crippen LogP contribution in [0.2, 0.25) is 0 Å². The van der Waals surface area contributed by atoms with E-state index >= 15 is 0 Å². The molecule has 8 nitrogen and oxygen atoms in total. The first-order valence-electron chi connectivity index (χ1n) is 7.54. The number of benzene rings is 1. The van der Waals surface area contributed by atoms with E-state index in [2.05, 4.69) is 15.5 Å². The van der Waals surface area contributed by atoms with E-state index in [1.807, 2.05) is 0 Å². The molecular weight excluding hydrogens is 381 g/mol. The lowest BCUT2D eigenvalue weighted by atomic mass is 10.1. The Morgan fingerprint density at radius 2 is 2.08 bits per heavy atom. The van der Waals surface area contributed by atoms with E-state index in [-0.39, 0.29) is 35.7 Å². The molecule has 11 heteroatoms. The highest BCUT2D eigenvalue weighted by Gasteiger charge is 2.35. The zero-order chi connectivity index (χ0) is 18.7. The maximum absolute atomic E-state index is 13.0. The Morgan fingerprint density at radius 1 is 1.35 bits per heavy atom. The second-order valence-corrected chi connectivity index (χ2v) is 7.70. The summed E-state index contributed by atoms with van der Waals surface area (Å²) in [6, 6.07) is 5.53. The molecule has 26 heavy (non-hydrogen) atoms. The van der Waals surface area contributed by atoms with Crippen molar-refractivity contribution in [3.8, 4) is 0 Å². The van der Waals surface area contributed by atoms with Crippen LogP contribution in [0.4, 0.5) is 15.2 Å². The van der Waals surface area contributed by atoms with Gasteiger partial charge in [-0.3, -0.25) is 14.4 Å². The number of nitrogens with zero attached hydrogens (tertiary/aromatic N) is 3. The van der Waals surface area contributed by atoms with Crippen molar-refractivity contribution in [2.45, 2.75) is 10.8 Å². The van der Waals surface area contributed by atoms with Crippen LogP contribution in [0.5, 0.6) is 0 Å². The van der Waals surface area contributed by atoms with Gasteiger partial charge in [0.15, 0.2) is 4.34 Å². The fourth-order valence-electron chi connectivity index (χ4n) is 2.41. The van der Waals surface area contributed by atoms with Crippen molar-refractivity contribution in [2.75, 3.05) is 22.5 Å². The van der Waals surface area contributed by atoms with Gasteiger partial charge in [0.1, 0.15) is 5.82 Å². The van der Waals surface area contributed by atoms with Crippen LogP contribution in [0.15, 0.2) is 28.6 Å². The summed E-state index contributed by atoms with van der Waals surface area (Å²) in [5, 5.41) is 10.6. The number of aromatic nitrogens is 2. The zero-order valence-electron chi connectivity index (χ0n) is 13.3. The van der Waals surface area contributed by atoms with Crippen LogP contribution in [0.3, 0.4) is 0 Å². The molecule has 136 valence electrons. The number of anilines is 2. The Balaban J connectivity index is 1.59. The van der Waals surface area contributed by atoms with Crippen LogP contribution in [-0.2, 0) is 14.4 Å². The molecule has 0 radical (unpaired) electrons. The first kappa shape index (κ1) is 18.3. The van der Waals surface area contributed by atoms with E-state index in [0.29, 0.717) is 10.0 Å². The van der Waals surface area contributed by atoms with Crippen molar-refractivity contribution in [1.29, 1.82) is 0 Å². The van der Waals surface area contributed by atoms with E-state index in [0.717, 1.165) is 23.1 Å². The van der Waals surface area contributed by atoms with E-state index in [1.165, 1.54) is 29.2 Å². The molecular formula is C15H14FN5O3S2. The monoisotopic (exact) mass is 395 g/mol. The summed E-state index contributed by atoms with van der Waals surface area (Å²) in [7, 11) is 0. The minimum Gasteiger partial charge on any atom is -0.369 e. The largest absolute Gasteiger partial charge is 0.369 e. The van der Waals surface area contributed by atoms with E-state index in [9.17, 15) is 18.8 Å². The average molecular weight is 395 g/mol. The molecule has 0 unspecified atom stereocenters. The van der Waals surface area contributed by atoms with Crippen molar-refractivity contribution in [1.82, 2.24) is 10.2 Å². The molecule has 1 fully saturated rings. The van der Waals surface area contributed by atoms with Gasteiger partial charge in [0.25, 0.3) is 0 Å². The van der Waals surface area contributed by atoms with Crippen LogP contribution in [-0.4, -0.2) is 40.2 Å². The smallest absolute Gasteiger partial charge is 0.231 e. The fraction of sp³-hybridized carbons (Fsp3) is 0.267. The number of carbonyl (C=O) groups is 3. The number of nitrogens with two attached hydrogens (primary N) is 1. The quantitative estimate of drug-likeness (QED) is 0.561. The van der Waals surface area contributed by atoms with Crippen molar-refractivity contribution in [3.05, 3.63) is 30.1 Å². The Labute approximate surface area is 156 Å². The van der Waals surface area contributed by atoms with Gasteiger partial charge in [0.2, 0.25) is 22.9 Å². The standard InChI is InChI=1S/C15H14FN5O3S2/c16-9-1-3-10(4-2-9)21-6-8(5-12(21)23)13(24)18-14-19-20-15(26-14)25-7-11(17)22/h1-4,8H,5-7H2,(H2,17,22)(H,18,19,24)/t8-/m0/s1. The molecule has 1 aromatic carbocycles. The van der Waals surface area contributed by atoms with Crippen LogP contribution in [0.25, 0.3) is 0 Å². The molecule has 0 saturated carbocycles. The second kappa shape index (κ2) is 7.79. The number of hydrogen-bond donors (Lipinski definition) is 2. The second-order valence-electron chi connectivity index (χ2n) is 5.50. The van der Waals surface area contributed by atoms with Gasteiger partial charge in [-0.25, -0.2) is 4.39 Å². The lowest BCUT2D eigenvalue weighted by Gasteiger charge is -2.16. The van der Waals surface area contributed by atoms with E-state index in [4.69, 9.17) is 5.73 Å². The number of rotatable bonds is 6. The SMILES string of the molecule is NC(=O)CSc1nnc(NC(=O)[C@H]2CC(=O)N(c3ccc(F)cc3)C2)s1. The number of carbonyl (C=O) groups excluding carboxylic acids is 3. The molecule has 1 aromatic heterocycles. The maximum Gasteiger partial charge on any atom is 0.231 e. The summed E-state index contributed by atoms with van der Waals surface area (Å²) in [5.74, 6) is -1.88. The normalized spacial score (nSPS) is 16.7. The van der Waals surface area contributed by atoms with Crippen molar-refractivity contribution in [2.24, 2.45) is 11.7 Å². The summed E-state index contributed by atoms with van der Waals surface area (Å²) in [4.78, 5) is 36.7. The van der Waals surface area contributed by atoms with E-state index in [1.54, 1.807) is 0 Å². The van der Waals surface area contributed by atoms with Crippen LogP contribution < -0.4 is 16.0 Å². The topological polar surface area (TPSA) is 118 Å². The molecule has 2 heterocycles. The van der Waals surface area contributed by atoms with Crippen molar-refractivity contribution >= 4 is 51.6 Å². The van der Waals surface area contributed by atoms with Crippen molar-refractivity contribution < 1.29 is 18.8 Å². The number of halogens is 1. The molecule has 3 amide bonds. The molecule has 3 rings (SSSR count). The Hall–Kier alpha value is -2.53. The summed E-state index contributed by atoms with van der Waals surface area (Å²) < 4.78 is 13.5. The first-order chi connectivity index (χ1) is 12.4. The Bertz CT molecular complexity index is 842. The summed E-state index contributed by atoms with van der Waals surface area (Å²) in [6.07, 6.45) is 0.0608. The first-order valence-corrected chi connectivity index (χ1v) is 9.34. The van der Waals surface area contributed by atoms with Crippen LogP contribution in [0.1, 0.15) is 6.42 Å². The van der Waals surface area contributed by atoms with Gasteiger partial charge in [-0.15, -0.1) is 10.2 Å². The molecule has 1 aliphatic heterocycles. The summed E-state index contributed by atoms with van der Waals surface area (Å²) >= 11 is 2.26. The van der Waals surface area contributed by atoms with Crippen molar-refractivity contribution in [3.63, 3.8) is 0 Å². The number of amides is 3. The number of nitrogens with one attached hydrogen (secondary N) is 1. The number of primary amides is 1. The Kier molecular flexibility index (Phi) is 5.47. The minimum atomic E-state index is -0.543. The molecule has 1 aliphatic rings. The molecule has 2 aromatic rings. The minimum absolute atomic E-state index is 0.0608. The van der Waals surface area contributed by atoms with Gasteiger partial charge in [0.05, 0.1) is 11.7 Å². The average Bonchev–Trinajstić information content (AvgIpc) is 3.20. The van der Waals surface area contributed by atoms with Crippen LogP contribution in [0, 0.1) is 11.7 Å². The highest BCUT2D eigenvalue weighted by atomic mass is 32.2.